The van der Waals surface area contributed by atoms with Crippen LogP contribution in [0.2, 0.25) is 0 Å². The van der Waals surface area contributed by atoms with Gasteiger partial charge in [0.25, 0.3) is 0 Å². The van der Waals surface area contributed by atoms with E-state index in [1.165, 1.54) is 38.8 Å². The van der Waals surface area contributed by atoms with E-state index in [2.05, 4.69) is 29.8 Å². The Balaban J connectivity index is 0.000000362. The summed E-state index contributed by atoms with van der Waals surface area (Å²) < 4.78 is 74.6. The van der Waals surface area contributed by atoms with Gasteiger partial charge in [-0.1, -0.05) is 0 Å². The molecule has 3 rings (SSSR count). The van der Waals surface area contributed by atoms with E-state index in [1.54, 1.807) is 6.26 Å². The predicted octanol–water partition coefficient (Wildman–Crippen LogP) is 4.01. The van der Waals surface area contributed by atoms with Gasteiger partial charge in [0.15, 0.2) is 0 Å². The Bertz CT molecular complexity index is 752. The first-order chi connectivity index (χ1) is 16.1. The van der Waals surface area contributed by atoms with Crippen molar-refractivity contribution in [3.63, 3.8) is 0 Å². The van der Waals surface area contributed by atoms with Gasteiger partial charge in [0.05, 0.1) is 19.4 Å². The van der Waals surface area contributed by atoms with Crippen molar-refractivity contribution in [3.8, 4) is 0 Å². The molecule has 35 heavy (non-hydrogen) atoms. The van der Waals surface area contributed by atoms with Gasteiger partial charge in [-0.15, -0.1) is 0 Å². The fourth-order valence-electron chi connectivity index (χ4n) is 3.99. The van der Waals surface area contributed by atoms with E-state index in [0.29, 0.717) is 11.6 Å². The van der Waals surface area contributed by atoms with E-state index in [4.69, 9.17) is 29.0 Å². The molecule has 1 aromatic rings. The summed E-state index contributed by atoms with van der Waals surface area (Å²) in [7, 11) is 2.30. The number of likely N-dealkylation sites (N-methyl/N-ethyl adjacent to an activating group) is 1. The van der Waals surface area contributed by atoms with Crippen LogP contribution in [0.4, 0.5) is 26.3 Å². The van der Waals surface area contributed by atoms with Crippen molar-refractivity contribution in [2.24, 2.45) is 0 Å². The molecule has 2 saturated heterocycles. The minimum absolute atomic E-state index is 0.418. The molecule has 1 spiro atoms. The molecule has 2 fully saturated rings. The second-order valence-corrected chi connectivity index (χ2v) is 8.15. The smallest absolute Gasteiger partial charge is 0.475 e. The van der Waals surface area contributed by atoms with Crippen LogP contribution in [0.3, 0.4) is 0 Å². The maximum absolute atomic E-state index is 10.6. The quantitative estimate of drug-likeness (QED) is 0.562. The Morgan fingerprint density at radius 1 is 1.09 bits per heavy atom. The Morgan fingerprint density at radius 2 is 1.60 bits per heavy atom. The summed E-state index contributed by atoms with van der Waals surface area (Å²) >= 11 is 0. The van der Waals surface area contributed by atoms with Crippen molar-refractivity contribution in [1.29, 1.82) is 0 Å². The molecule has 0 radical (unpaired) electrons. The van der Waals surface area contributed by atoms with Crippen LogP contribution in [0.15, 0.2) is 22.8 Å². The Morgan fingerprint density at radius 3 is 2.00 bits per heavy atom. The van der Waals surface area contributed by atoms with Gasteiger partial charge in [-0.25, -0.2) is 9.59 Å². The molecule has 1 atom stereocenters. The first kappa shape index (κ1) is 30.7. The summed E-state index contributed by atoms with van der Waals surface area (Å²) in [6.45, 7) is 7.10. The van der Waals surface area contributed by atoms with E-state index >= 15 is 0 Å². The van der Waals surface area contributed by atoms with Gasteiger partial charge in [-0.2, -0.15) is 26.3 Å². The van der Waals surface area contributed by atoms with Crippen molar-refractivity contribution in [2.45, 2.75) is 63.1 Å². The number of carboxylic acids is 2. The molecule has 1 unspecified atom stereocenters. The average Bonchev–Trinajstić information content (AvgIpc) is 3.37. The number of carbonyl (C=O) groups is 2. The van der Waals surface area contributed by atoms with Gasteiger partial charge in [0.2, 0.25) is 0 Å². The minimum atomic E-state index is -5.08. The van der Waals surface area contributed by atoms with Gasteiger partial charge in [0, 0.05) is 31.3 Å². The molecule has 0 bridgehead atoms. The summed E-state index contributed by atoms with van der Waals surface area (Å²) in [4.78, 5) is 22.9. The third-order valence-corrected chi connectivity index (χ3v) is 5.98. The number of aliphatic carboxylic acids is 2. The number of ether oxygens (including phenoxy) is 1. The van der Waals surface area contributed by atoms with Gasteiger partial charge in [-0.05, 0) is 51.8 Å². The van der Waals surface area contributed by atoms with Crippen molar-refractivity contribution < 1.29 is 55.3 Å². The molecule has 0 aromatic carbocycles. The lowest BCUT2D eigenvalue weighted by Gasteiger charge is -2.45. The number of hydrogen-bond acceptors (Lipinski definition) is 6. The fraction of sp³-hybridized carbons (Fsp3) is 0.714. The summed E-state index contributed by atoms with van der Waals surface area (Å²) in [5.74, 6) is -4.43. The molecular weight excluding hydrogens is 490 g/mol. The Labute approximate surface area is 198 Å². The monoisotopic (exact) mass is 520 g/mol. The van der Waals surface area contributed by atoms with E-state index < -0.39 is 24.3 Å². The number of halogens is 6. The maximum Gasteiger partial charge on any atom is 0.490 e. The van der Waals surface area contributed by atoms with Crippen molar-refractivity contribution >= 4 is 11.9 Å². The normalized spacial score (nSPS) is 20.5. The van der Waals surface area contributed by atoms with E-state index in [-0.39, 0.29) is 0 Å². The summed E-state index contributed by atoms with van der Waals surface area (Å²) in [5.41, 5.74) is 0.418. The highest BCUT2D eigenvalue weighted by Crippen LogP contribution is 2.40. The van der Waals surface area contributed by atoms with Crippen molar-refractivity contribution in [3.05, 3.63) is 24.2 Å². The number of rotatable bonds is 5. The molecule has 202 valence electrons. The summed E-state index contributed by atoms with van der Waals surface area (Å²) in [6, 6.07) is 4.66. The topological polar surface area (TPSA) is 103 Å². The number of piperidine rings is 1. The molecule has 0 saturated carbocycles. The third kappa shape index (κ3) is 10.1. The zero-order valence-corrected chi connectivity index (χ0v) is 19.4. The van der Waals surface area contributed by atoms with Crippen LogP contribution < -0.4 is 0 Å². The first-order valence-corrected chi connectivity index (χ1v) is 10.8. The highest BCUT2D eigenvalue weighted by atomic mass is 19.4. The van der Waals surface area contributed by atoms with Crippen LogP contribution in [-0.2, 0) is 20.9 Å². The average molecular weight is 520 g/mol. The lowest BCUT2D eigenvalue weighted by atomic mass is 9.85. The number of carboxylic acid groups (broad SMARTS) is 2. The molecule has 0 aliphatic carbocycles. The lowest BCUT2D eigenvalue weighted by molar-refractivity contribution is -0.193. The van der Waals surface area contributed by atoms with Crippen LogP contribution in [0, 0.1) is 0 Å². The van der Waals surface area contributed by atoms with Gasteiger partial charge >= 0.3 is 24.3 Å². The van der Waals surface area contributed by atoms with Crippen molar-refractivity contribution in [2.75, 3.05) is 33.4 Å². The highest BCUT2D eigenvalue weighted by molar-refractivity contribution is 5.73. The zero-order valence-electron chi connectivity index (χ0n) is 19.4. The Kier molecular flexibility index (Phi) is 11.5. The predicted molar refractivity (Wildman–Crippen MR) is 111 cm³/mol. The summed E-state index contributed by atoms with van der Waals surface area (Å²) in [5, 5.41) is 14.2. The number of nitrogens with zero attached hydrogens (tertiary/aromatic N) is 2. The Hall–Kier alpha value is -2.32. The largest absolute Gasteiger partial charge is 0.490 e. The molecule has 1 aromatic heterocycles. The van der Waals surface area contributed by atoms with Gasteiger partial charge < -0.3 is 19.4 Å². The zero-order chi connectivity index (χ0) is 26.9. The van der Waals surface area contributed by atoms with Crippen LogP contribution in [0.5, 0.6) is 0 Å². The maximum atomic E-state index is 10.6. The van der Waals surface area contributed by atoms with Crippen LogP contribution in [-0.4, -0.2) is 89.2 Å². The fourth-order valence-corrected chi connectivity index (χ4v) is 3.99. The minimum Gasteiger partial charge on any atom is -0.475 e. The van der Waals surface area contributed by atoms with E-state index in [0.717, 1.165) is 25.5 Å². The number of likely N-dealkylation sites (tertiary alicyclic amines) is 2. The standard InChI is InChI=1S/C17H28N2O2.2C2HF3O2/c1-3-20-14-15-6-7-17(18(15)2)8-10-19(11-9-17)13-16-5-4-12-21-16;2*3-2(4,5)1(6)7/h4-5,12,15H,3,6-11,13-14H2,1-2H3;2*(H,6,7). The second kappa shape index (κ2) is 13.1. The van der Waals surface area contributed by atoms with Crippen LogP contribution in [0.25, 0.3) is 0 Å². The van der Waals surface area contributed by atoms with E-state index in [9.17, 15) is 26.3 Å². The molecule has 14 heteroatoms. The van der Waals surface area contributed by atoms with Crippen molar-refractivity contribution in [1.82, 2.24) is 9.80 Å². The molecule has 3 heterocycles. The lowest BCUT2D eigenvalue weighted by Crippen LogP contribution is -2.52. The molecule has 2 aliphatic rings. The first-order valence-electron chi connectivity index (χ1n) is 10.8. The highest BCUT2D eigenvalue weighted by Gasteiger charge is 2.45. The number of hydrogen-bond donors (Lipinski definition) is 2. The van der Waals surface area contributed by atoms with E-state index in [1.807, 2.05) is 6.07 Å². The SMILES string of the molecule is CCOCC1CCC2(CCN(Cc3ccco3)CC2)N1C.O=C(O)C(F)(F)F.O=C(O)C(F)(F)F. The molecule has 0 amide bonds. The van der Waals surface area contributed by atoms with Crippen LogP contribution in [0.1, 0.15) is 38.4 Å². The summed E-state index contributed by atoms with van der Waals surface area (Å²) in [6.07, 6.45) is -3.24. The third-order valence-electron chi connectivity index (χ3n) is 5.98. The molecule has 2 N–H and O–H groups in total. The number of furan rings is 1. The molecular formula is C21H30F6N2O6. The van der Waals surface area contributed by atoms with Gasteiger partial charge in [-0.3, -0.25) is 9.80 Å². The molecule has 2 aliphatic heterocycles. The number of alkyl halides is 6. The van der Waals surface area contributed by atoms with Gasteiger partial charge in [0.1, 0.15) is 5.76 Å². The molecule has 8 nitrogen and oxygen atoms in total. The van der Waals surface area contributed by atoms with Crippen LogP contribution >= 0.6 is 0 Å². The second-order valence-electron chi connectivity index (χ2n) is 8.15.